The molecule has 1 aliphatic rings. The van der Waals surface area contributed by atoms with E-state index in [1.807, 2.05) is 17.9 Å². The van der Waals surface area contributed by atoms with Gasteiger partial charge in [-0.1, -0.05) is 19.1 Å². The first-order chi connectivity index (χ1) is 10.7. The molecule has 0 atom stereocenters. The van der Waals surface area contributed by atoms with Crippen LogP contribution in [0.2, 0.25) is 0 Å². The molecule has 0 aromatic heterocycles. The highest BCUT2D eigenvalue weighted by Gasteiger charge is 2.21. The quantitative estimate of drug-likeness (QED) is 0.718. The Morgan fingerprint density at radius 2 is 2.14 bits per heavy atom. The Morgan fingerprint density at radius 1 is 1.36 bits per heavy atom. The zero-order valence-corrected chi connectivity index (χ0v) is 13.4. The van der Waals surface area contributed by atoms with E-state index in [4.69, 9.17) is 4.74 Å². The average Bonchev–Trinajstić information content (AvgIpc) is 2.52. The van der Waals surface area contributed by atoms with Crippen LogP contribution in [0.1, 0.15) is 44.6 Å². The molecule has 1 fully saturated rings. The van der Waals surface area contributed by atoms with Crippen LogP contribution in [0.15, 0.2) is 24.3 Å². The number of ether oxygens (including phenoxy) is 1. The van der Waals surface area contributed by atoms with Crippen molar-refractivity contribution >= 4 is 5.91 Å². The zero-order valence-electron chi connectivity index (χ0n) is 13.4. The van der Waals surface area contributed by atoms with Crippen LogP contribution in [0.25, 0.3) is 0 Å². The summed E-state index contributed by atoms with van der Waals surface area (Å²) in [4.78, 5) is 13.8. The van der Waals surface area contributed by atoms with E-state index in [0.717, 1.165) is 44.3 Å². The van der Waals surface area contributed by atoms with Crippen LogP contribution in [0.3, 0.4) is 0 Å². The summed E-state index contributed by atoms with van der Waals surface area (Å²) in [6.07, 6.45) is 4.75. The van der Waals surface area contributed by atoms with E-state index in [1.165, 1.54) is 12.1 Å². The molecule has 0 bridgehead atoms. The van der Waals surface area contributed by atoms with Crippen LogP contribution >= 0.6 is 0 Å². The van der Waals surface area contributed by atoms with E-state index in [1.54, 1.807) is 6.07 Å². The zero-order chi connectivity index (χ0) is 15.8. The Morgan fingerprint density at radius 3 is 2.82 bits per heavy atom. The maximum atomic E-state index is 13.0. The number of hydrogen-bond acceptors (Lipinski definition) is 2. The van der Waals surface area contributed by atoms with E-state index in [0.29, 0.717) is 31.5 Å². The third-order valence-electron chi connectivity index (χ3n) is 4.26. The molecule has 0 radical (unpaired) electrons. The maximum Gasteiger partial charge on any atom is 0.222 e. The van der Waals surface area contributed by atoms with E-state index in [9.17, 15) is 9.18 Å². The minimum absolute atomic E-state index is 0.217. The van der Waals surface area contributed by atoms with Gasteiger partial charge in [0.15, 0.2) is 0 Å². The second-order valence-electron chi connectivity index (χ2n) is 6.05. The Hall–Kier alpha value is -1.42. The normalized spacial score (nSPS) is 16.0. The lowest BCUT2D eigenvalue weighted by molar-refractivity contribution is -0.132. The molecule has 0 unspecified atom stereocenters. The second-order valence-corrected chi connectivity index (χ2v) is 6.05. The smallest absolute Gasteiger partial charge is 0.222 e. The van der Waals surface area contributed by atoms with Gasteiger partial charge in [0.2, 0.25) is 5.91 Å². The molecule has 0 aliphatic carbocycles. The number of carbonyl (C=O) groups is 1. The van der Waals surface area contributed by atoms with Crippen molar-refractivity contribution in [2.45, 2.75) is 45.6 Å². The van der Waals surface area contributed by atoms with Crippen molar-refractivity contribution in [3.05, 3.63) is 35.6 Å². The Balaban J connectivity index is 1.60. The van der Waals surface area contributed by atoms with Crippen LogP contribution in [0.4, 0.5) is 4.39 Å². The molecule has 1 aromatic rings. The minimum atomic E-state index is -0.217. The largest absolute Gasteiger partial charge is 0.377 e. The van der Waals surface area contributed by atoms with Crippen LogP contribution in [-0.4, -0.2) is 30.5 Å². The molecule has 1 aliphatic heterocycles. The van der Waals surface area contributed by atoms with E-state index in [2.05, 4.69) is 0 Å². The second kappa shape index (κ2) is 8.89. The van der Waals surface area contributed by atoms with Gasteiger partial charge in [-0.15, -0.1) is 0 Å². The molecular weight excluding hydrogens is 281 g/mol. The van der Waals surface area contributed by atoms with Gasteiger partial charge < -0.3 is 9.64 Å². The summed E-state index contributed by atoms with van der Waals surface area (Å²) in [6, 6.07) is 6.53. The molecule has 1 heterocycles. The lowest BCUT2D eigenvalue weighted by Crippen LogP contribution is -2.38. The summed E-state index contributed by atoms with van der Waals surface area (Å²) in [7, 11) is 0. The predicted octanol–water partition coefficient (Wildman–Crippen LogP) is 3.77. The van der Waals surface area contributed by atoms with Crippen molar-refractivity contribution in [3.8, 4) is 0 Å². The van der Waals surface area contributed by atoms with Crippen molar-refractivity contribution in [1.82, 2.24) is 4.90 Å². The topological polar surface area (TPSA) is 29.5 Å². The van der Waals surface area contributed by atoms with Crippen LogP contribution in [0, 0.1) is 11.7 Å². The van der Waals surface area contributed by atoms with Gasteiger partial charge >= 0.3 is 0 Å². The summed E-state index contributed by atoms with van der Waals surface area (Å²) < 4.78 is 18.7. The first kappa shape index (κ1) is 16.9. The van der Waals surface area contributed by atoms with E-state index < -0.39 is 0 Å². The van der Waals surface area contributed by atoms with Crippen molar-refractivity contribution < 1.29 is 13.9 Å². The van der Waals surface area contributed by atoms with Gasteiger partial charge in [-0.2, -0.15) is 0 Å². The summed E-state index contributed by atoms with van der Waals surface area (Å²) >= 11 is 0. The summed E-state index contributed by atoms with van der Waals surface area (Å²) in [5.41, 5.74) is 0.875. The maximum absolute atomic E-state index is 13.0. The molecule has 22 heavy (non-hydrogen) atoms. The average molecular weight is 307 g/mol. The number of nitrogens with zero attached hydrogens (tertiary/aromatic N) is 1. The monoisotopic (exact) mass is 307 g/mol. The number of benzene rings is 1. The minimum Gasteiger partial charge on any atom is -0.377 e. The Kier molecular flexibility index (Phi) is 6.84. The first-order valence-electron chi connectivity index (χ1n) is 8.29. The van der Waals surface area contributed by atoms with Gasteiger partial charge in [0, 0.05) is 26.1 Å². The number of halogens is 1. The SMILES string of the molecule is CCCC(=O)N1CCC(CCOCc2cccc(F)c2)CC1. The molecule has 0 N–H and O–H groups in total. The lowest BCUT2D eigenvalue weighted by atomic mass is 9.94. The van der Waals surface area contributed by atoms with Gasteiger partial charge in [-0.25, -0.2) is 4.39 Å². The van der Waals surface area contributed by atoms with Crippen molar-refractivity contribution in [3.63, 3.8) is 0 Å². The molecule has 1 aromatic carbocycles. The standard InChI is InChI=1S/C18H26FNO2/c1-2-4-18(21)20-10-7-15(8-11-20)9-12-22-14-16-5-3-6-17(19)13-16/h3,5-6,13,15H,2,4,7-12,14H2,1H3. The fraction of sp³-hybridized carbons (Fsp3) is 0.611. The molecule has 1 amide bonds. The molecule has 0 spiro atoms. The number of rotatable bonds is 7. The number of carbonyl (C=O) groups excluding carboxylic acids is 1. The fourth-order valence-corrected chi connectivity index (χ4v) is 2.91. The summed E-state index contributed by atoms with van der Waals surface area (Å²) in [5, 5.41) is 0. The molecule has 4 heteroatoms. The number of likely N-dealkylation sites (tertiary alicyclic amines) is 1. The van der Waals surface area contributed by atoms with Crippen LogP contribution in [0.5, 0.6) is 0 Å². The number of hydrogen-bond donors (Lipinski definition) is 0. The number of piperidine rings is 1. The van der Waals surface area contributed by atoms with Gasteiger partial charge in [0.25, 0.3) is 0 Å². The van der Waals surface area contributed by atoms with Gasteiger partial charge in [-0.3, -0.25) is 4.79 Å². The number of amides is 1. The first-order valence-corrected chi connectivity index (χ1v) is 8.29. The third kappa shape index (κ3) is 5.41. The fourth-order valence-electron chi connectivity index (χ4n) is 2.91. The van der Waals surface area contributed by atoms with Crippen LogP contribution < -0.4 is 0 Å². The van der Waals surface area contributed by atoms with E-state index in [-0.39, 0.29) is 5.82 Å². The molecule has 122 valence electrons. The molecule has 0 saturated carbocycles. The van der Waals surface area contributed by atoms with Crippen molar-refractivity contribution in [1.29, 1.82) is 0 Å². The highest BCUT2D eigenvalue weighted by Crippen LogP contribution is 2.21. The lowest BCUT2D eigenvalue weighted by Gasteiger charge is -2.32. The summed E-state index contributed by atoms with van der Waals surface area (Å²) in [5.74, 6) is 0.715. The molecule has 2 rings (SSSR count). The highest BCUT2D eigenvalue weighted by atomic mass is 19.1. The molecular formula is C18H26FNO2. The van der Waals surface area contributed by atoms with Gasteiger partial charge in [0.05, 0.1) is 6.61 Å². The Bertz CT molecular complexity index is 470. The Labute approximate surface area is 132 Å². The van der Waals surface area contributed by atoms with Crippen molar-refractivity contribution in [2.24, 2.45) is 5.92 Å². The van der Waals surface area contributed by atoms with Crippen LogP contribution in [-0.2, 0) is 16.1 Å². The van der Waals surface area contributed by atoms with E-state index >= 15 is 0 Å². The van der Waals surface area contributed by atoms with Gasteiger partial charge in [0.1, 0.15) is 5.82 Å². The summed E-state index contributed by atoms with van der Waals surface area (Å²) in [6.45, 7) is 4.97. The van der Waals surface area contributed by atoms with Crippen molar-refractivity contribution in [2.75, 3.05) is 19.7 Å². The molecule has 1 saturated heterocycles. The highest BCUT2D eigenvalue weighted by molar-refractivity contribution is 5.76. The van der Waals surface area contributed by atoms with Gasteiger partial charge in [-0.05, 0) is 49.3 Å². The predicted molar refractivity (Wildman–Crippen MR) is 84.9 cm³/mol. The third-order valence-corrected chi connectivity index (χ3v) is 4.26. The molecule has 3 nitrogen and oxygen atoms in total.